The van der Waals surface area contributed by atoms with Crippen molar-refractivity contribution >= 4 is 11.9 Å². The molecule has 0 saturated heterocycles. The smallest absolute Gasteiger partial charge is 0.307 e. The van der Waals surface area contributed by atoms with Gasteiger partial charge in [0.25, 0.3) is 5.91 Å². The molecule has 0 radical (unpaired) electrons. The summed E-state index contributed by atoms with van der Waals surface area (Å²) in [5.41, 5.74) is 2.58. The van der Waals surface area contributed by atoms with E-state index < -0.39 is 23.8 Å². The summed E-state index contributed by atoms with van der Waals surface area (Å²) in [4.78, 5) is 23.9. The summed E-state index contributed by atoms with van der Waals surface area (Å²) in [6, 6.07) is 15.0. The third kappa shape index (κ3) is 5.96. The number of nitrogens with one attached hydrogen (secondary N) is 2. The molecule has 0 bridgehead atoms. The molecule has 3 aromatic rings. The number of nitrogens with zero attached hydrogens (tertiary/aromatic N) is 3. The Morgan fingerprint density at radius 3 is 2.58 bits per heavy atom. The number of H-pyrrole nitrogens is 1. The van der Waals surface area contributed by atoms with Gasteiger partial charge in [0.1, 0.15) is 11.5 Å². The predicted octanol–water partition coefficient (Wildman–Crippen LogP) is 2.96. The highest BCUT2D eigenvalue weighted by Crippen LogP contribution is 2.22. The first kappa shape index (κ1) is 21.6. The number of hydrogen-bond donors (Lipinski definition) is 3. The van der Waals surface area contributed by atoms with Crippen molar-refractivity contribution in [2.24, 2.45) is 5.92 Å². The second-order valence-electron chi connectivity index (χ2n) is 7.08. The molecule has 0 spiro atoms. The van der Waals surface area contributed by atoms with E-state index in [2.05, 4.69) is 20.7 Å². The van der Waals surface area contributed by atoms with Gasteiger partial charge in [0.05, 0.1) is 18.2 Å². The number of carboxylic acids is 1. The number of carbonyl (C=O) groups is 2. The Hall–Kier alpha value is -4.06. The van der Waals surface area contributed by atoms with Crippen molar-refractivity contribution in [1.29, 1.82) is 5.26 Å². The number of aromatic nitrogens is 3. The Balaban J connectivity index is 1.77. The minimum Gasteiger partial charge on any atom is -0.481 e. The number of amides is 1. The number of carbonyl (C=O) groups excluding carboxylic acids is 1. The molecule has 3 N–H and O–H groups in total. The maximum atomic E-state index is 13.5. The van der Waals surface area contributed by atoms with Gasteiger partial charge in [0, 0.05) is 12.5 Å². The Labute approximate surface area is 177 Å². The van der Waals surface area contributed by atoms with Crippen LogP contribution in [0.1, 0.15) is 28.9 Å². The molecule has 0 saturated carbocycles. The fourth-order valence-corrected chi connectivity index (χ4v) is 3.27. The first-order chi connectivity index (χ1) is 15.0. The van der Waals surface area contributed by atoms with Crippen molar-refractivity contribution < 1.29 is 19.1 Å². The van der Waals surface area contributed by atoms with E-state index in [4.69, 9.17) is 5.26 Å². The lowest BCUT2D eigenvalue weighted by Crippen LogP contribution is -2.39. The van der Waals surface area contributed by atoms with E-state index in [0.717, 1.165) is 16.7 Å². The van der Waals surface area contributed by atoms with Gasteiger partial charge in [-0.05, 0) is 41.7 Å². The number of hydrogen-bond acceptors (Lipinski definition) is 5. The molecule has 158 valence electrons. The minimum atomic E-state index is -1.09. The van der Waals surface area contributed by atoms with Gasteiger partial charge in [-0.25, -0.2) is 4.39 Å². The van der Waals surface area contributed by atoms with Gasteiger partial charge in [0.2, 0.25) is 0 Å². The second kappa shape index (κ2) is 10.1. The van der Waals surface area contributed by atoms with Gasteiger partial charge in [0.15, 0.2) is 0 Å². The summed E-state index contributed by atoms with van der Waals surface area (Å²) in [7, 11) is 0. The van der Waals surface area contributed by atoms with Gasteiger partial charge < -0.3 is 10.4 Å². The van der Waals surface area contributed by atoms with Crippen molar-refractivity contribution in [3.05, 3.63) is 71.8 Å². The van der Waals surface area contributed by atoms with Crippen LogP contribution in [-0.4, -0.2) is 38.4 Å². The highest BCUT2D eigenvalue weighted by Gasteiger charge is 2.25. The number of rotatable bonds is 9. The largest absolute Gasteiger partial charge is 0.481 e. The van der Waals surface area contributed by atoms with Crippen LogP contribution >= 0.6 is 0 Å². The molecule has 1 aromatic heterocycles. The summed E-state index contributed by atoms with van der Waals surface area (Å²) in [5, 5.41) is 30.7. The standard InChI is InChI=1S/C22H20FN5O3/c23-18-3-1-2-16(11-18)15-6-4-14(5-7-15)10-19(12-17(8-9-24)22(30)31)26-21(29)20-13-25-28-27-20/h1-7,11,13,17,19H,8,10,12H2,(H,26,29)(H,30,31)(H,25,27,28)/t17-,19+/m0/s1. The average Bonchev–Trinajstić information content (AvgIpc) is 3.29. The van der Waals surface area contributed by atoms with Crippen LogP contribution in [0, 0.1) is 23.1 Å². The zero-order chi connectivity index (χ0) is 22.2. The number of carboxylic acid groups (broad SMARTS) is 1. The number of halogens is 1. The fraction of sp³-hybridized carbons (Fsp3) is 0.227. The summed E-state index contributed by atoms with van der Waals surface area (Å²) in [6.07, 6.45) is 1.55. The fourth-order valence-electron chi connectivity index (χ4n) is 3.27. The quantitative estimate of drug-likeness (QED) is 0.487. The van der Waals surface area contributed by atoms with Crippen LogP contribution in [0.3, 0.4) is 0 Å². The maximum Gasteiger partial charge on any atom is 0.307 e. The van der Waals surface area contributed by atoms with E-state index in [0.29, 0.717) is 6.42 Å². The third-order valence-electron chi connectivity index (χ3n) is 4.84. The molecule has 0 fully saturated rings. The summed E-state index contributed by atoms with van der Waals surface area (Å²) >= 11 is 0. The van der Waals surface area contributed by atoms with E-state index in [1.807, 2.05) is 30.3 Å². The lowest BCUT2D eigenvalue weighted by molar-refractivity contribution is -0.142. The topological polar surface area (TPSA) is 132 Å². The molecule has 8 nitrogen and oxygen atoms in total. The zero-order valence-corrected chi connectivity index (χ0v) is 16.5. The molecule has 1 amide bonds. The van der Waals surface area contributed by atoms with E-state index >= 15 is 0 Å². The van der Waals surface area contributed by atoms with E-state index in [1.165, 1.54) is 18.3 Å². The minimum absolute atomic E-state index is 0.0852. The predicted molar refractivity (Wildman–Crippen MR) is 109 cm³/mol. The summed E-state index contributed by atoms with van der Waals surface area (Å²) in [5.74, 6) is -2.80. The van der Waals surface area contributed by atoms with Gasteiger partial charge in [-0.15, -0.1) is 5.10 Å². The van der Waals surface area contributed by atoms with Crippen LogP contribution in [-0.2, 0) is 11.2 Å². The Morgan fingerprint density at radius 1 is 1.19 bits per heavy atom. The van der Waals surface area contributed by atoms with Crippen molar-refractivity contribution in [3.8, 4) is 17.2 Å². The highest BCUT2D eigenvalue weighted by atomic mass is 19.1. The van der Waals surface area contributed by atoms with E-state index in [9.17, 15) is 19.1 Å². The number of benzene rings is 2. The molecule has 31 heavy (non-hydrogen) atoms. The van der Waals surface area contributed by atoms with E-state index in [1.54, 1.807) is 12.1 Å². The molecule has 3 rings (SSSR count). The van der Waals surface area contributed by atoms with Crippen molar-refractivity contribution in [1.82, 2.24) is 20.7 Å². The first-order valence-corrected chi connectivity index (χ1v) is 9.58. The van der Waals surface area contributed by atoms with Crippen LogP contribution in [0.5, 0.6) is 0 Å². The Kier molecular flexibility index (Phi) is 7.06. The maximum absolute atomic E-state index is 13.5. The molecule has 2 atom stereocenters. The number of aliphatic carboxylic acids is 1. The molecule has 2 aromatic carbocycles. The summed E-state index contributed by atoms with van der Waals surface area (Å²) < 4.78 is 13.5. The lowest BCUT2D eigenvalue weighted by atomic mass is 9.92. The van der Waals surface area contributed by atoms with Crippen molar-refractivity contribution in [3.63, 3.8) is 0 Å². The zero-order valence-electron chi connectivity index (χ0n) is 16.5. The molecular weight excluding hydrogens is 401 g/mol. The van der Waals surface area contributed by atoms with Crippen LogP contribution < -0.4 is 5.32 Å². The van der Waals surface area contributed by atoms with Crippen LogP contribution in [0.25, 0.3) is 11.1 Å². The third-order valence-corrected chi connectivity index (χ3v) is 4.84. The Morgan fingerprint density at radius 2 is 1.97 bits per heavy atom. The lowest BCUT2D eigenvalue weighted by Gasteiger charge is -2.21. The molecule has 9 heteroatoms. The van der Waals surface area contributed by atoms with Gasteiger partial charge in [-0.3, -0.25) is 14.7 Å². The van der Waals surface area contributed by atoms with Crippen LogP contribution in [0.2, 0.25) is 0 Å². The molecule has 0 aliphatic rings. The molecular formula is C22H20FN5O3. The van der Waals surface area contributed by atoms with Gasteiger partial charge in [-0.1, -0.05) is 41.6 Å². The molecule has 0 aliphatic carbocycles. The highest BCUT2D eigenvalue weighted by molar-refractivity contribution is 5.92. The van der Waals surface area contributed by atoms with Crippen LogP contribution in [0.4, 0.5) is 4.39 Å². The number of nitriles is 1. The molecule has 0 aliphatic heterocycles. The molecule has 0 unspecified atom stereocenters. The van der Waals surface area contributed by atoms with Crippen LogP contribution in [0.15, 0.2) is 54.7 Å². The normalized spacial score (nSPS) is 12.5. The van der Waals surface area contributed by atoms with Gasteiger partial charge >= 0.3 is 5.97 Å². The van der Waals surface area contributed by atoms with Crippen molar-refractivity contribution in [2.75, 3.05) is 0 Å². The SMILES string of the molecule is N#CC[C@@H](C[C@@H](Cc1ccc(-c2cccc(F)c2)cc1)NC(=O)c1cnn[nH]1)C(=O)O. The average molecular weight is 421 g/mol. The summed E-state index contributed by atoms with van der Waals surface area (Å²) in [6.45, 7) is 0. The monoisotopic (exact) mass is 421 g/mol. The first-order valence-electron chi connectivity index (χ1n) is 9.58. The van der Waals surface area contributed by atoms with E-state index in [-0.39, 0.29) is 24.4 Å². The van der Waals surface area contributed by atoms with Gasteiger partial charge in [-0.2, -0.15) is 5.26 Å². The Bertz CT molecular complexity index is 1080. The molecule has 1 heterocycles. The number of aromatic amines is 1. The van der Waals surface area contributed by atoms with Crippen molar-refractivity contribution in [2.45, 2.75) is 25.3 Å². The second-order valence-corrected chi connectivity index (χ2v) is 7.08.